The van der Waals surface area contributed by atoms with Crippen LogP contribution in [0.3, 0.4) is 0 Å². The second kappa shape index (κ2) is 4.06. The van der Waals surface area contributed by atoms with Gasteiger partial charge in [-0.05, 0) is 30.7 Å². The molecule has 0 aliphatic heterocycles. The number of hydrogen-bond donors (Lipinski definition) is 0. The molecule has 2 bridgehead atoms. The monoisotopic (exact) mass is 254 g/mol. The summed E-state index contributed by atoms with van der Waals surface area (Å²) in [5.74, 6) is 0.726. The van der Waals surface area contributed by atoms with Crippen molar-refractivity contribution in [1.29, 1.82) is 0 Å². The number of carbonyl (C=O) groups excluding carboxylic acids is 1. The summed E-state index contributed by atoms with van der Waals surface area (Å²) >= 11 is 0. The molecule has 0 N–H and O–H groups in total. The molecule has 2 aliphatic carbocycles. The van der Waals surface area contributed by atoms with Crippen LogP contribution in [0.5, 0.6) is 0 Å². The van der Waals surface area contributed by atoms with Gasteiger partial charge in [-0.3, -0.25) is 4.79 Å². The van der Waals surface area contributed by atoms with Gasteiger partial charge in [0.1, 0.15) is 5.78 Å². The minimum Gasteiger partial charge on any atom is -0.299 e. The predicted octanol–water partition coefficient (Wildman–Crippen LogP) is 4.40. The van der Waals surface area contributed by atoms with Crippen LogP contribution in [0.25, 0.3) is 6.08 Å². The van der Waals surface area contributed by atoms with Gasteiger partial charge in [0.05, 0.1) is 0 Å². The summed E-state index contributed by atoms with van der Waals surface area (Å²) in [6, 6.07) is 8.57. The molecule has 3 unspecified atom stereocenters. The largest absolute Gasteiger partial charge is 0.299 e. The first-order chi connectivity index (χ1) is 8.95. The fourth-order valence-electron chi connectivity index (χ4n) is 4.00. The fourth-order valence-corrected chi connectivity index (χ4v) is 4.00. The van der Waals surface area contributed by atoms with Crippen molar-refractivity contribution >= 4 is 11.9 Å². The summed E-state index contributed by atoms with van der Waals surface area (Å²) in [7, 11) is 0. The van der Waals surface area contributed by atoms with Crippen molar-refractivity contribution in [3.8, 4) is 0 Å². The minimum absolute atomic E-state index is 0.0506. The Morgan fingerprint density at radius 3 is 2.42 bits per heavy atom. The van der Waals surface area contributed by atoms with E-state index in [1.54, 1.807) is 0 Å². The Labute approximate surface area is 115 Å². The van der Waals surface area contributed by atoms with E-state index in [-0.39, 0.29) is 16.7 Å². The molecule has 1 heteroatoms. The van der Waals surface area contributed by atoms with Crippen LogP contribution in [0.15, 0.2) is 30.3 Å². The van der Waals surface area contributed by atoms with Crippen LogP contribution in [-0.4, -0.2) is 5.78 Å². The molecule has 0 saturated heterocycles. The van der Waals surface area contributed by atoms with Crippen LogP contribution in [0.2, 0.25) is 0 Å². The summed E-state index contributed by atoms with van der Waals surface area (Å²) in [6.45, 7) is 6.67. The van der Waals surface area contributed by atoms with E-state index in [2.05, 4.69) is 57.2 Å². The van der Waals surface area contributed by atoms with E-state index < -0.39 is 0 Å². The lowest BCUT2D eigenvalue weighted by molar-refractivity contribution is -0.122. The predicted molar refractivity (Wildman–Crippen MR) is 78.8 cm³/mol. The number of allylic oxidation sites excluding steroid dienone is 1. The maximum absolute atomic E-state index is 12.1. The Bertz CT molecular complexity index is 539. The zero-order valence-electron chi connectivity index (χ0n) is 12.1. The number of rotatable bonds is 2. The highest BCUT2D eigenvalue weighted by atomic mass is 16.1. The zero-order chi connectivity index (χ0) is 13.7. The lowest BCUT2D eigenvalue weighted by atomic mass is 9.69. The lowest BCUT2D eigenvalue weighted by Gasteiger charge is -2.34. The molecule has 0 spiro atoms. The highest BCUT2D eigenvalue weighted by Crippen LogP contribution is 2.64. The van der Waals surface area contributed by atoms with Crippen LogP contribution in [0.4, 0.5) is 0 Å². The smallest absolute Gasteiger partial charge is 0.137 e. The van der Waals surface area contributed by atoms with Crippen molar-refractivity contribution in [1.82, 2.24) is 0 Å². The van der Waals surface area contributed by atoms with Crippen LogP contribution >= 0.6 is 0 Å². The van der Waals surface area contributed by atoms with E-state index in [4.69, 9.17) is 0 Å². The molecule has 0 aromatic heterocycles. The van der Waals surface area contributed by atoms with E-state index >= 15 is 0 Å². The van der Waals surface area contributed by atoms with Gasteiger partial charge >= 0.3 is 0 Å². The first kappa shape index (κ1) is 12.7. The number of benzene rings is 1. The quantitative estimate of drug-likeness (QED) is 0.764. The third kappa shape index (κ3) is 1.79. The maximum atomic E-state index is 12.1. The number of hydrogen-bond acceptors (Lipinski definition) is 1. The molecule has 2 saturated carbocycles. The minimum atomic E-state index is 0.0506. The summed E-state index contributed by atoms with van der Waals surface area (Å²) in [4.78, 5) is 12.1. The van der Waals surface area contributed by atoms with Crippen LogP contribution < -0.4 is 0 Å². The molecule has 3 atom stereocenters. The second-order valence-electron chi connectivity index (χ2n) is 6.82. The summed E-state index contributed by atoms with van der Waals surface area (Å²) < 4.78 is 0. The third-order valence-corrected chi connectivity index (χ3v) is 5.66. The zero-order valence-corrected chi connectivity index (χ0v) is 12.1. The van der Waals surface area contributed by atoms with E-state index in [1.165, 1.54) is 17.5 Å². The molecule has 1 nitrogen and oxygen atoms in total. The second-order valence-corrected chi connectivity index (χ2v) is 6.82. The average molecular weight is 254 g/mol. The van der Waals surface area contributed by atoms with Crippen molar-refractivity contribution < 1.29 is 4.79 Å². The van der Waals surface area contributed by atoms with E-state index in [1.807, 2.05) is 0 Å². The lowest BCUT2D eigenvalue weighted by Crippen LogP contribution is -2.28. The normalized spacial score (nSPS) is 37.4. The van der Waals surface area contributed by atoms with Gasteiger partial charge in [0.15, 0.2) is 0 Å². The first-order valence-electron chi connectivity index (χ1n) is 7.23. The molecule has 100 valence electrons. The Balaban J connectivity index is 1.90. The molecule has 3 rings (SSSR count). The number of aryl methyl sites for hydroxylation is 1. The maximum Gasteiger partial charge on any atom is 0.137 e. The first-order valence-corrected chi connectivity index (χ1v) is 7.23. The molecule has 0 radical (unpaired) electrons. The molecule has 19 heavy (non-hydrogen) atoms. The number of carbonyl (C=O) groups is 1. The van der Waals surface area contributed by atoms with Crippen molar-refractivity contribution in [2.75, 3.05) is 0 Å². The third-order valence-electron chi connectivity index (χ3n) is 5.66. The summed E-state index contributed by atoms with van der Waals surface area (Å²) in [5, 5.41) is 0. The Hall–Kier alpha value is -1.37. The topological polar surface area (TPSA) is 17.1 Å². The van der Waals surface area contributed by atoms with Crippen LogP contribution in [0.1, 0.15) is 44.2 Å². The summed E-state index contributed by atoms with van der Waals surface area (Å²) in [6.07, 6.45) is 7.55. The van der Waals surface area contributed by atoms with Crippen molar-refractivity contribution in [2.45, 2.75) is 40.0 Å². The standard InChI is InChI=1S/C18H22O/c1-13-4-6-14(7-5-13)8-11-18(3)15-9-10-17(18,2)12-16(15)19/h4-8,11,15H,9-10,12H2,1-3H3. The molecular weight excluding hydrogens is 232 g/mol. The average Bonchev–Trinajstić information content (AvgIpc) is 2.71. The highest BCUT2D eigenvalue weighted by molar-refractivity contribution is 5.87. The van der Waals surface area contributed by atoms with Crippen LogP contribution in [0, 0.1) is 23.7 Å². The fraction of sp³-hybridized carbons (Fsp3) is 0.500. The molecule has 2 fully saturated rings. The molecule has 2 aliphatic rings. The van der Waals surface area contributed by atoms with E-state index in [0.29, 0.717) is 5.78 Å². The van der Waals surface area contributed by atoms with Gasteiger partial charge in [0.25, 0.3) is 0 Å². The van der Waals surface area contributed by atoms with Gasteiger partial charge < -0.3 is 0 Å². The Morgan fingerprint density at radius 1 is 1.21 bits per heavy atom. The molecular formula is C18H22O. The molecule has 0 heterocycles. The molecule has 0 amide bonds. The van der Waals surface area contributed by atoms with Gasteiger partial charge in [-0.2, -0.15) is 0 Å². The van der Waals surface area contributed by atoms with Gasteiger partial charge in [0, 0.05) is 17.8 Å². The highest BCUT2D eigenvalue weighted by Gasteiger charge is 2.61. The van der Waals surface area contributed by atoms with Crippen molar-refractivity contribution in [2.24, 2.45) is 16.7 Å². The van der Waals surface area contributed by atoms with Gasteiger partial charge in [-0.15, -0.1) is 0 Å². The molecule has 1 aromatic carbocycles. The van der Waals surface area contributed by atoms with Crippen LogP contribution in [-0.2, 0) is 4.79 Å². The van der Waals surface area contributed by atoms with Gasteiger partial charge in [-0.25, -0.2) is 0 Å². The van der Waals surface area contributed by atoms with E-state index in [0.717, 1.165) is 12.8 Å². The summed E-state index contributed by atoms with van der Waals surface area (Å²) in [5.41, 5.74) is 2.74. The van der Waals surface area contributed by atoms with Crippen molar-refractivity contribution in [3.63, 3.8) is 0 Å². The van der Waals surface area contributed by atoms with Gasteiger partial charge in [-0.1, -0.05) is 55.8 Å². The molecule has 1 aromatic rings. The number of fused-ring (bicyclic) bond motifs is 2. The van der Waals surface area contributed by atoms with Gasteiger partial charge in [0.2, 0.25) is 0 Å². The number of Topliss-reactive ketones (excluding diaryl/α,β-unsaturated/α-hetero) is 1. The SMILES string of the molecule is Cc1ccc(C=CC2(C)C3CCC2(C)CC3=O)cc1. The van der Waals surface area contributed by atoms with E-state index in [9.17, 15) is 4.79 Å². The van der Waals surface area contributed by atoms with Crippen molar-refractivity contribution in [3.05, 3.63) is 41.5 Å². The Morgan fingerprint density at radius 2 is 1.89 bits per heavy atom. The number of ketones is 1. The Kier molecular flexibility index (Phi) is 2.70.